The van der Waals surface area contributed by atoms with Gasteiger partial charge >= 0.3 is 5.97 Å². The van der Waals surface area contributed by atoms with E-state index in [9.17, 15) is 4.79 Å². The lowest BCUT2D eigenvalue weighted by atomic mass is 9.96. The predicted molar refractivity (Wildman–Crippen MR) is 94.8 cm³/mol. The smallest absolute Gasteiger partial charge is 0.328 e. The Morgan fingerprint density at radius 3 is 2.92 bits per heavy atom. The van der Waals surface area contributed by atoms with Crippen molar-refractivity contribution in [1.29, 1.82) is 0 Å². The molecular formula is C18H24N4O2. The van der Waals surface area contributed by atoms with E-state index in [2.05, 4.69) is 36.1 Å². The van der Waals surface area contributed by atoms with Gasteiger partial charge in [-0.3, -0.25) is 0 Å². The maximum atomic E-state index is 10.7. The lowest BCUT2D eigenvalue weighted by molar-refractivity contribution is -0.131. The zero-order chi connectivity index (χ0) is 17.3. The van der Waals surface area contributed by atoms with Crippen molar-refractivity contribution in [2.75, 3.05) is 20.1 Å². The predicted octanol–water partition coefficient (Wildman–Crippen LogP) is 2.19. The number of likely N-dealkylation sites (N-methyl/N-ethyl adjacent to an activating group) is 1. The molecule has 1 aromatic heterocycles. The summed E-state index contributed by atoms with van der Waals surface area (Å²) in [4.78, 5) is 21.2. The lowest BCUT2D eigenvalue weighted by Gasteiger charge is -2.30. The van der Waals surface area contributed by atoms with Crippen molar-refractivity contribution in [3.8, 4) is 0 Å². The third-order valence-electron chi connectivity index (χ3n) is 4.40. The van der Waals surface area contributed by atoms with E-state index in [1.165, 1.54) is 0 Å². The van der Waals surface area contributed by atoms with E-state index in [-0.39, 0.29) is 5.54 Å². The largest absolute Gasteiger partial charge is 0.478 e. The highest BCUT2D eigenvalue weighted by molar-refractivity contribution is 5.86. The van der Waals surface area contributed by atoms with Crippen LogP contribution in [0.15, 0.2) is 24.3 Å². The Bertz CT molecular complexity index is 780. The van der Waals surface area contributed by atoms with E-state index in [1.54, 1.807) is 6.08 Å². The van der Waals surface area contributed by atoms with Crippen LogP contribution in [0, 0.1) is 0 Å². The number of carboxylic acid groups (broad SMARTS) is 1. The summed E-state index contributed by atoms with van der Waals surface area (Å²) in [6.07, 6.45) is 3.74. The molecule has 24 heavy (non-hydrogen) atoms. The van der Waals surface area contributed by atoms with E-state index < -0.39 is 5.97 Å². The Morgan fingerprint density at radius 2 is 2.29 bits per heavy atom. The zero-order valence-corrected chi connectivity index (χ0v) is 14.3. The van der Waals surface area contributed by atoms with Crippen LogP contribution in [0.2, 0.25) is 0 Å². The molecule has 0 spiro atoms. The van der Waals surface area contributed by atoms with Crippen LogP contribution in [0.1, 0.15) is 31.7 Å². The number of carbonyl (C=O) groups is 1. The number of aliphatic carboxylic acids is 1. The van der Waals surface area contributed by atoms with E-state index in [4.69, 9.17) is 10.1 Å². The molecule has 0 bridgehead atoms. The number of imidazole rings is 1. The summed E-state index contributed by atoms with van der Waals surface area (Å²) >= 11 is 0. The monoisotopic (exact) mass is 328 g/mol. The number of nitrogens with zero attached hydrogens (tertiary/aromatic N) is 2. The fourth-order valence-corrected chi connectivity index (χ4v) is 3.46. The van der Waals surface area contributed by atoms with Crippen LogP contribution in [0.4, 0.5) is 0 Å². The molecule has 6 heteroatoms. The second kappa shape index (κ2) is 6.37. The van der Waals surface area contributed by atoms with E-state index in [0.717, 1.165) is 48.0 Å². The van der Waals surface area contributed by atoms with Gasteiger partial charge in [-0.1, -0.05) is 6.07 Å². The minimum atomic E-state index is -0.950. The quantitative estimate of drug-likeness (QED) is 0.733. The Morgan fingerprint density at radius 1 is 1.50 bits per heavy atom. The Labute approximate surface area is 141 Å². The highest BCUT2D eigenvalue weighted by Crippen LogP contribution is 2.31. The molecule has 1 saturated heterocycles. The molecule has 6 nitrogen and oxygen atoms in total. The molecule has 0 amide bonds. The number of likely N-dealkylation sites (tertiary alicyclic amines) is 1. The number of fused-ring (bicyclic) bond motifs is 1. The highest BCUT2D eigenvalue weighted by Gasteiger charge is 2.41. The van der Waals surface area contributed by atoms with Crippen molar-refractivity contribution in [2.24, 2.45) is 0 Å². The van der Waals surface area contributed by atoms with Crippen LogP contribution >= 0.6 is 0 Å². The van der Waals surface area contributed by atoms with Gasteiger partial charge in [-0.05, 0) is 51.1 Å². The molecule has 1 aliphatic heterocycles. The first-order valence-corrected chi connectivity index (χ1v) is 8.25. The van der Waals surface area contributed by atoms with Gasteiger partial charge < -0.3 is 20.3 Å². The summed E-state index contributed by atoms with van der Waals surface area (Å²) < 4.78 is 0. The normalized spacial score (nSPS) is 22.2. The van der Waals surface area contributed by atoms with Gasteiger partial charge in [0.1, 0.15) is 5.82 Å². The average Bonchev–Trinajstić information content (AvgIpc) is 3.08. The summed E-state index contributed by atoms with van der Waals surface area (Å²) in [5.41, 5.74) is 2.50. The minimum absolute atomic E-state index is 0.168. The van der Waals surface area contributed by atoms with Gasteiger partial charge in [-0.25, -0.2) is 9.78 Å². The van der Waals surface area contributed by atoms with Gasteiger partial charge in [-0.15, -0.1) is 0 Å². The summed E-state index contributed by atoms with van der Waals surface area (Å²) in [5.74, 6) is 0.00406. The maximum absolute atomic E-state index is 10.7. The highest BCUT2D eigenvalue weighted by atomic mass is 16.4. The maximum Gasteiger partial charge on any atom is 0.328 e. The molecule has 128 valence electrons. The molecule has 0 unspecified atom stereocenters. The van der Waals surface area contributed by atoms with Gasteiger partial charge in [0.15, 0.2) is 0 Å². The topological polar surface area (TPSA) is 81.2 Å². The molecule has 0 aliphatic carbocycles. The van der Waals surface area contributed by atoms with Crippen LogP contribution in [0.25, 0.3) is 17.1 Å². The van der Waals surface area contributed by atoms with Crippen LogP contribution in [-0.4, -0.2) is 52.1 Å². The summed E-state index contributed by atoms with van der Waals surface area (Å²) in [6.45, 7) is 6.25. The summed E-state index contributed by atoms with van der Waals surface area (Å²) in [6, 6.07) is 6.11. The van der Waals surface area contributed by atoms with Crippen molar-refractivity contribution >= 4 is 23.1 Å². The number of carboxylic acids is 1. The number of rotatable bonds is 5. The molecule has 2 aromatic rings. The molecule has 0 saturated carbocycles. The standard InChI is InChI=1S/C18H24N4O2/c1-12(2)21-18(8-9-22(3)11-18)17-19-14-6-4-13(5-7-16(23)24)10-15(14)20-17/h4-7,10,12,21H,8-9,11H2,1-3H3,(H,19,20)(H,23,24)/t18-/m0/s1. The molecule has 1 atom stereocenters. The molecule has 0 radical (unpaired) electrons. The van der Waals surface area contributed by atoms with Gasteiger partial charge in [0.2, 0.25) is 0 Å². The zero-order valence-electron chi connectivity index (χ0n) is 14.3. The van der Waals surface area contributed by atoms with Crippen molar-refractivity contribution in [1.82, 2.24) is 20.2 Å². The SMILES string of the molecule is CC(C)N[C@@]1(c2nc3ccc(C=CC(=O)O)cc3[nH]2)CCN(C)C1. The molecule has 2 heterocycles. The molecule has 3 N–H and O–H groups in total. The lowest BCUT2D eigenvalue weighted by Crippen LogP contribution is -2.48. The number of hydrogen-bond acceptors (Lipinski definition) is 4. The van der Waals surface area contributed by atoms with Crippen LogP contribution < -0.4 is 5.32 Å². The fraction of sp³-hybridized carbons (Fsp3) is 0.444. The van der Waals surface area contributed by atoms with Crippen molar-refractivity contribution in [3.63, 3.8) is 0 Å². The number of hydrogen-bond donors (Lipinski definition) is 3. The van der Waals surface area contributed by atoms with Gasteiger partial charge in [0, 0.05) is 25.2 Å². The number of benzene rings is 1. The van der Waals surface area contributed by atoms with Crippen LogP contribution in [0.3, 0.4) is 0 Å². The van der Waals surface area contributed by atoms with Crippen molar-refractivity contribution < 1.29 is 9.90 Å². The first-order valence-electron chi connectivity index (χ1n) is 8.25. The van der Waals surface area contributed by atoms with Crippen LogP contribution in [0.5, 0.6) is 0 Å². The van der Waals surface area contributed by atoms with Crippen molar-refractivity contribution in [3.05, 3.63) is 35.7 Å². The minimum Gasteiger partial charge on any atom is -0.478 e. The van der Waals surface area contributed by atoms with Gasteiger partial charge in [0.05, 0.1) is 16.6 Å². The van der Waals surface area contributed by atoms with Gasteiger partial charge in [0.25, 0.3) is 0 Å². The third-order valence-corrected chi connectivity index (χ3v) is 4.40. The Balaban J connectivity index is 1.98. The van der Waals surface area contributed by atoms with Crippen molar-refractivity contribution in [2.45, 2.75) is 31.8 Å². The number of aromatic amines is 1. The number of aromatic nitrogens is 2. The number of H-pyrrole nitrogens is 1. The summed E-state index contributed by atoms with van der Waals surface area (Å²) in [7, 11) is 2.13. The molecule has 1 aromatic carbocycles. The van der Waals surface area contributed by atoms with E-state index >= 15 is 0 Å². The third kappa shape index (κ3) is 3.34. The van der Waals surface area contributed by atoms with E-state index in [1.807, 2.05) is 18.2 Å². The second-order valence-electron chi connectivity index (χ2n) is 6.90. The molecule has 1 fully saturated rings. The fourth-order valence-electron chi connectivity index (χ4n) is 3.46. The summed E-state index contributed by atoms with van der Waals surface area (Å²) in [5, 5.41) is 12.4. The Hall–Kier alpha value is -2.18. The molecule has 3 rings (SSSR count). The van der Waals surface area contributed by atoms with E-state index in [0.29, 0.717) is 6.04 Å². The molecule has 1 aliphatic rings. The van der Waals surface area contributed by atoms with Gasteiger partial charge in [-0.2, -0.15) is 0 Å². The second-order valence-corrected chi connectivity index (χ2v) is 6.90. The molecular weight excluding hydrogens is 304 g/mol. The van der Waals surface area contributed by atoms with Crippen LogP contribution in [-0.2, 0) is 10.3 Å². The first kappa shape index (κ1) is 16.7. The Kier molecular flexibility index (Phi) is 4.43. The average molecular weight is 328 g/mol. The number of nitrogens with one attached hydrogen (secondary N) is 2. The first-order chi connectivity index (χ1) is 11.4.